The predicted octanol–water partition coefficient (Wildman–Crippen LogP) is 3.92. The molecule has 188 valence electrons. The minimum absolute atomic E-state index is 0.0262. The summed E-state index contributed by atoms with van der Waals surface area (Å²) in [7, 11) is 0. The summed E-state index contributed by atoms with van der Waals surface area (Å²) in [4.78, 5) is 35.5. The summed E-state index contributed by atoms with van der Waals surface area (Å²) in [6.45, 7) is 0.400. The highest BCUT2D eigenvalue weighted by atomic mass is 19.4. The number of carboxylic acid groups (broad SMARTS) is 1. The molecule has 2 saturated carbocycles. The van der Waals surface area contributed by atoms with E-state index in [1.807, 2.05) is 0 Å². The fourth-order valence-corrected chi connectivity index (χ4v) is 4.60. The third-order valence-corrected chi connectivity index (χ3v) is 6.71. The maximum Gasteiger partial charge on any atom is 0.391 e. The molecule has 1 aromatic rings. The Morgan fingerprint density at radius 2 is 1.41 bits per heavy atom. The van der Waals surface area contributed by atoms with E-state index in [-0.39, 0.29) is 62.6 Å². The minimum atomic E-state index is -4.20. The van der Waals surface area contributed by atoms with Crippen molar-refractivity contribution in [1.82, 2.24) is 10.6 Å². The van der Waals surface area contributed by atoms with Crippen LogP contribution in [-0.2, 0) is 9.59 Å². The van der Waals surface area contributed by atoms with Gasteiger partial charge >= 0.3 is 12.1 Å². The van der Waals surface area contributed by atoms with E-state index in [1.165, 1.54) is 0 Å². The van der Waals surface area contributed by atoms with E-state index in [0.29, 0.717) is 37.0 Å². The SMILES string of the molecule is O=C(NCCNC(=O)[C@H]1CC[C@H](C(F)(F)F)CC1)c1ccc(O[C@H]2CC[C@@H](C(=O)O)CC2)cc1. The van der Waals surface area contributed by atoms with Gasteiger partial charge in [0.05, 0.1) is 17.9 Å². The second-order valence-electron chi connectivity index (χ2n) is 9.09. The molecule has 0 bridgehead atoms. The van der Waals surface area contributed by atoms with Crippen molar-refractivity contribution in [2.45, 2.75) is 63.6 Å². The van der Waals surface area contributed by atoms with Gasteiger partial charge in [-0.1, -0.05) is 0 Å². The minimum Gasteiger partial charge on any atom is -0.490 e. The van der Waals surface area contributed by atoms with Gasteiger partial charge in [-0.15, -0.1) is 0 Å². The lowest BCUT2D eigenvalue weighted by Gasteiger charge is -2.29. The molecule has 0 aliphatic heterocycles. The van der Waals surface area contributed by atoms with Gasteiger partial charge in [0.2, 0.25) is 5.91 Å². The number of carbonyl (C=O) groups excluding carboxylic acids is 2. The third-order valence-electron chi connectivity index (χ3n) is 6.71. The maximum atomic E-state index is 12.7. The van der Waals surface area contributed by atoms with Crippen molar-refractivity contribution in [3.05, 3.63) is 29.8 Å². The molecule has 2 aliphatic rings. The molecule has 2 fully saturated rings. The topological polar surface area (TPSA) is 105 Å². The summed E-state index contributed by atoms with van der Waals surface area (Å²) in [5.41, 5.74) is 0.429. The molecule has 0 atom stereocenters. The molecule has 0 saturated heterocycles. The van der Waals surface area contributed by atoms with Crippen LogP contribution in [0.25, 0.3) is 0 Å². The van der Waals surface area contributed by atoms with Crippen molar-refractivity contribution >= 4 is 17.8 Å². The quantitative estimate of drug-likeness (QED) is 0.485. The van der Waals surface area contributed by atoms with Crippen LogP contribution < -0.4 is 15.4 Å². The first-order valence-electron chi connectivity index (χ1n) is 11.8. The number of rotatable bonds is 8. The Bertz CT molecular complexity index is 843. The summed E-state index contributed by atoms with van der Waals surface area (Å²) in [6, 6.07) is 6.64. The highest BCUT2D eigenvalue weighted by molar-refractivity contribution is 5.94. The molecule has 2 aliphatic carbocycles. The molecule has 2 amide bonds. The van der Waals surface area contributed by atoms with Crippen LogP contribution in [-0.4, -0.2) is 48.3 Å². The van der Waals surface area contributed by atoms with Crippen LogP contribution in [0.1, 0.15) is 61.7 Å². The number of amides is 2. The van der Waals surface area contributed by atoms with Gasteiger partial charge < -0.3 is 20.5 Å². The molecular weight excluding hydrogens is 453 g/mol. The average Bonchev–Trinajstić information content (AvgIpc) is 2.82. The van der Waals surface area contributed by atoms with Crippen molar-refractivity contribution < 1.29 is 37.4 Å². The van der Waals surface area contributed by atoms with Crippen molar-refractivity contribution in [1.29, 1.82) is 0 Å². The van der Waals surface area contributed by atoms with Crippen LogP contribution in [0.15, 0.2) is 24.3 Å². The van der Waals surface area contributed by atoms with E-state index in [2.05, 4.69) is 10.6 Å². The monoisotopic (exact) mass is 484 g/mol. The van der Waals surface area contributed by atoms with Gasteiger partial charge in [0.1, 0.15) is 5.75 Å². The molecule has 10 heteroatoms. The van der Waals surface area contributed by atoms with E-state index >= 15 is 0 Å². The van der Waals surface area contributed by atoms with Gasteiger partial charge in [-0.2, -0.15) is 13.2 Å². The first-order valence-corrected chi connectivity index (χ1v) is 11.8. The van der Waals surface area contributed by atoms with E-state index in [4.69, 9.17) is 9.84 Å². The fourth-order valence-electron chi connectivity index (χ4n) is 4.60. The van der Waals surface area contributed by atoms with Crippen LogP contribution in [0, 0.1) is 17.8 Å². The van der Waals surface area contributed by atoms with E-state index in [9.17, 15) is 27.6 Å². The second-order valence-corrected chi connectivity index (χ2v) is 9.09. The number of ether oxygens (including phenoxy) is 1. The highest BCUT2D eigenvalue weighted by Gasteiger charge is 2.42. The zero-order valence-corrected chi connectivity index (χ0v) is 18.9. The highest BCUT2D eigenvalue weighted by Crippen LogP contribution is 2.39. The number of aliphatic carboxylic acids is 1. The molecule has 0 heterocycles. The standard InChI is InChI=1S/C24H31F3N2O5/c25-24(26,27)18-7-1-15(2-8-18)21(30)28-13-14-29-22(31)16-3-9-19(10-4-16)34-20-11-5-17(6-12-20)23(32)33/h3-4,9-10,15,17-18,20H,1-2,5-8,11-14H2,(H,28,30)(H,29,31)(H,32,33)/t15-,17-,18-,20+. The van der Waals surface area contributed by atoms with Crippen molar-refractivity contribution in [2.75, 3.05) is 13.1 Å². The Balaban J connectivity index is 1.33. The number of nitrogens with one attached hydrogen (secondary N) is 2. The molecule has 0 spiro atoms. The summed E-state index contributed by atoms with van der Waals surface area (Å²) in [5, 5.41) is 14.4. The molecule has 34 heavy (non-hydrogen) atoms. The van der Waals surface area contributed by atoms with Crippen LogP contribution >= 0.6 is 0 Å². The lowest BCUT2D eigenvalue weighted by molar-refractivity contribution is -0.184. The Morgan fingerprint density at radius 1 is 0.853 bits per heavy atom. The molecule has 1 aromatic carbocycles. The smallest absolute Gasteiger partial charge is 0.391 e. The van der Waals surface area contributed by atoms with Gasteiger partial charge in [0.15, 0.2) is 0 Å². The van der Waals surface area contributed by atoms with Crippen LogP contribution in [0.2, 0.25) is 0 Å². The molecule has 0 unspecified atom stereocenters. The first-order chi connectivity index (χ1) is 16.1. The Kier molecular flexibility index (Phi) is 8.79. The Morgan fingerprint density at radius 3 is 1.97 bits per heavy atom. The number of hydrogen-bond acceptors (Lipinski definition) is 4. The van der Waals surface area contributed by atoms with Crippen LogP contribution in [0.3, 0.4) is 0 Å². The number of benzene rings is 1. The number of hydrogen-bond donors (Lipinski definition) is 3. The van der Waals surface area contributed by atoms with E-state index < -0.39 is 24.0 Å². The molecule has 0 aromatic heterocycles. The van der Waals surface area contributed by atoms with Crippen molar-refractivity contribution in [3.8, 4) is 5.75 Å². The lowest BCUT2D eigenvalue weighted by atomic mass is 9.81. The molecular formula is C24H31F3N2O5. The molecule has 7 nitrogen and oxygen atoms in total. The Hall–Kier alpha value is -2.78. The maximum absolute atomic E-state index is 12.7. The van der Waals surface area contributed by atoms with Gasteiger partial charge in [-0.05, 0) is 75.6 Å². The Labute approximate surface area is 196 Å². The lowest BCUT2D eigenvalue weighted by Crippen LogP contribution is -2.39. The number of halogens is 3. The summed E-state index contributed by atoms with van der Waals surface area (Å²) in [6.07, 6.45) is -1.32. The van der Waals surface area contributed by atoms with Gasteiger partial charge in [0, 0.05) is 24.6 Å². The largest absolute Gasteiger partial charge is 0.490 e. The second kappa shape index (κ2) is 11.6. The van der Waals surface area contributed by atoms with Crippen molar-refractivity contribution in [2.24, 2.45) is 17.8 Å². The van der Waals surface area contributed by atoms with Crippen LogP contribution in [0.5, 0.6) is 5.75 Å². The zero-order chi connectivity index (χ0) is 24.7. The third kappa shape index (κ3) is 7.36. The normalized spacial score (nSPS) is 25.3. The zero-order valence-electron chi connectivity index (χ0n) is 18.9. The summed E-state index contributed by atoms with van der Waals surface area (Å²) < 4.78 is 44.1. The molecule has 3 rings (SSSR count). The summed E-state index contributed by atoms with van der Waals surface area (Å²) in [5.74, 6) is -2.77. The van der Waals surface area contributed by atoms with Gasteiger partial charge in [-0.3, -0.25) is 14.4 Å². The number of carboxylic acids is 1. The summed E-state index contributed by atoms with van der Waals surface area (Å²) >= 11 is 0. The fraction of sp³-hybridized carbons (Fsp3) is 0.625. The average molecular weight is 485 g/mol. The number of carbonyl (C=O) groups is 3. The predicted molar refractivity (Wildman–Crippen MR) is 117 cm³/mol. The van der Waals surface area contributed by atoms with Crippen molar-refractivity contribution in [3.63, 3.8) is 0 Å². The van der Waals surface area contributed by atoms with E-state index in [1.54, 1.807) is 24.3 Å². The molecule has 0 radical (unpaired) electrons. The van der Waals surface area contributed by atoms with Gasteiger partial charge in [-0.25, -0.2) is 0 Å². The molecule has 3 N–H and O–H groups in total. The van der Waals surface area contributed by atoms with Crippen LogP contribution in [0.4, 0.5) is 13.2 Å². The van der Waals surface area contributed by atoms with E-state index in [0.717, 1.165) is 0 Å². The first kappa shape index (κ1) is 25.8. The van der Waals surface area contributed by atoms with Gasteiger partial charge in [0.25, 0.3) is 5.91 Å². The number of alkyl halides is 3.